The molecule has 2 heterocycles. The average molecular weight is 540 g/mol. The molecule has 178 valence electrons. The molecule has 0 aliphatic carbocycles. The Morgan fingerprint density at radius 1 is 1.27 bits per heavy atom. The van der Waals surface area contributed by atoms with Crippen LogP contribution in [0.5, 0.6) is 5.75 Å². The number of benzene rings is 1. The molecule has 0 unspecified atom stereocenters. The number of furan rings is 1. The fourth-order valence-corrected chi connectivity index (χ4v) is 4.46. The number of rotatable bonds is 4. The van der Waals surface area contributed by atoms with Crippen LogP contribution in [0.2, 0.25) is 0 Å². The zero-order valence-electron chi connectivity index (χ0n) is 19.1. The van der Waals surface area contributed by atoms with Crippen molar-refractivity contribution < 1.29 is 22.7 Å². The summed E-state index contributed by atoms with van der Waals surface area (Å²) in [7, 11) is -0.935. The van der Waals surface area contributed by atoms with Crippen molar-refractivity contribution in [3.05, 3.63) is 45.8 Å². The SMILES string of the molecule is Cc1ccc([C@H](N=C2NS(=O)(=O)N=C2Nc2ccc(Br)c(C(=O)N(C)C)c2O)C(C)(C)C)o1. The van der Waals surface area contributed by atoms with Crippen molar-refractivity contribution in [1.82, 2.24) is 9.62 Å². The van der Waals surface area contributed by atoms with Gasteiger partial charge in [0.05, 0.1) is 11.3 Å². The van der Waals surface area contributed by atoms with Crippen molar-refractivity contribution in [2.45, 2.75) is 33.7 Å². The van der Waals surface area contributed by atoms with E-state index in [2.05, 4.69) is 35.4 Å². The molecule has 2 aromatic rings. The van der Waals surface area contributed by atoms with Crippen molar-refractivity contribution in [3.63, 3.8) is 0 Å². The number of aliphatic imine (C=N–C) groups is 1. The van der Waals surface area contributed by atoms with Crippen molar-refractivity contribution in [2.24, 2.45) is 14.8 Å². The van der Waals surface area contributed by atoms with Crippen molar-refractivity contribution in [2.75, 3.05) is 19.4 Å². The predicted octanol–water partition coefficient (Wildman–Crippen LogP) is 3.60. The second-order valence-electron chi connectivity index (χ2n) is 8.85. The highest BCUT2D eigenvalue weighted by atomic mass is 79.9. The third kappa shape index (κ3) is 5.38. The maximum absolute atomic E-state index is 12.5. The van der Waals surface area contributed by atoms with E-state index in [1.807, 2.05) is 33.8 Å². The van der Waals surface area contributed by atoms with E-state index in [-0.39, 0.29) is 28.7 Å². The van der Waals surface area contributed by atoms with Crippen molar-refractivity contribution in [1.29, 1.82) is 0 Å². The Labute approximate surface area is 201 Å². The van der Waals surface area contributed by atoms with Gasteiger partial charge in [0.1, 0.15) is 17.6 Å². The van der Waals surface area contributed by atoms with Crippen LogP contribution in [0.3, 0.4) is 0 Å². The predicted molar refractivity (Wildman–Crippen MR) is 130 cm³/mol. The number of nitrogens with one attached hydrogen (secondary N) is 2. The van der Waals surface area contributed by atoms with E-state index < -0.39 is 27.6 Å². The van der Waals surface area contributed by atoms with Crippen LogP contribution in [0.1, 0.15) is 48.7 Å². The van der Waals surface area contributed by atoms with Gasteiger partial charge in [-0.25, -0.2) is 4.72 Å². The Kier molecular flexibility index (Phi) is 6.62. The number of aryl methyl sites for hydroxylation is 1. The van der Waals surface area contributed by atoms with Gasteiger partial charge in [-0.05, 0) is 52.5 Å². The topological polar surface area (TPSA) is 137 Å². The van der Waals surface area contributed by atoms with E-state index in [1.54, 1.807) is 26.2 Å². The van der Waals surface area contributed by atoms with Crippen molar-refractivity contribution in [3.8, 4) is 5.75 Å². The molecule has 0 saturated carbocycles. The van der Waals surface area contributed by atoms with Gasteiger partial charge in [-0.3, -0.25) is 9.79 Å². The van der Waals surface area contributed by atoms with Gasteiger partial charge in [0.25, 0.3) is 5.91 Å². The first kappa shape index (κ1) is 24.8. The number of carbonyl (C=O) groups is 1. The highest BCUT2D eigenvalue weighted by Gasteiger charge is 2.34. The summed E-state index contributed by atoms with van der Waals surface area (Å²) in [6, 6.07) is 6.13. The summed E-state index contributed by atoms with van der Waals surface area (Å²) in [5.41, 5.74) is -0.298. The molecule has 1 aliphatic heterocycles. The maximum Gasteiger partial charge on any atom is 0.345 e. The second kappa shape index (κ2) is 8.82. The fraction of sp³-hybridized carbons (Fsp3) is 0.381. The molecule has 3 N–H and O–H groups in total. The Morgan fingerprint density at radius 3 is 2.48 bits per heavy atom. The van der Waals surface area contributed by atoms with Gasteiger partial charge >= 0.3 is 10.2 Å². The molecule has 0 fully saturated rings. The van der Waals surface area contributed by atoms with Gasteiger partial charge in [-0.1, -0.05) is 20.8 Å². The van der Waals surface area contributed by atoms with Crippen molar-refractivity contribution >= 4 is 49.4 Å². The molecule has 1 amide bonds. The molecule has 12 heteroatoms. The highest BCUT2D eigenvalue weighted by molar-refractivity contribution is 9.10. The monoisotopic (exact) mass is 539 g/mol. The summed E-state index contributed by atoms with van der Waals surface area (Å²) in [6.45, 7) is 7.67. The number of halogens is 1. The van der Waals surface area contributed by atoms with Crippen LogP contribution in [0.4, 0.5) is 5.69 Å². The summed E-state index contributed by atoms with van der Waals surface area (Å²) in [5, 5.41) is 13.5. The Hall–Kier alpha value is -2.86. The van der Waals surface area contributed by atoms with Gasteiger partial charge < -0.3 is 19.7 Å². The summed E-state index contributed by atoms with van der Waals surface area (Å²) >= 11 is 3.27. The molecule has 3 rings (SSSR count). The molecule has 1 aliphatic rings. The van der Waals surface area contributed by atoms with Crippen LogP contribution in [-0.2, 0) is 10.2 Å². The average Bonchev–Trinajstić information content (AvgIpc) is 3.22. The summed E-state index contributed by atoms with van der Waals surface area (Å²) < 4.78 is 36.6. The standard InChI is InChI=1S/C21H26BrN5O5S/c1-11-7-10-14(32-11)17(21(2,3)4)24-19-18(25-33(30,31)26-19)23-13-9-8-12(22)15(16(13)28)20(29)27(5)6/h7-10,17,28H,1-6H3,(H,23,25)(H,24,26)/t17-/m0/s1. The minimum absolute atomic E-state index is 0.0246. The molecular weight excluding hydrogens is 514 g/mol. The van der Waals surface area contributed by atoms with Gasteiger partial charge in [0.15, 0.2) is 17.4 Å². The Balaban J connectivity index is 2.05. The normalized spacial score (nSPS) is 17.4. The highest BCUT2D eigenvalue weighted by Crippen LogP contribution is 2.38. The first-order valence-corrected chi connectivity index (χ1v) is 12.2. The van der Waals surface area contributed by atoms with E-state index in [0.717, 1.165) is 0 Å². The van der Waals surface area contributed by atoms with Crippen LogP contribution >= 0.6 is 15.9 Å². The quantitative estimate of drug-likeness (QED) is 0.507. The zero-order valence-corrected chi connectivity index (χ0v) is 21.5. The molecule has 0 bridgehead atoms. The molecule has 1 aromatic heterocycles. The third-order valence-corrected chi connectivity index (χ3v) is 6.31. The summed E-state index contributed by atoms with van der Waals surface area (Å²) in [4.78, 5) is 18.4. The number of aromatic hydroxyl groups is 1. The van der Waals surface area contributed by atoms with Gasteiger partial charge in [-0.15, -0.1) is 4.40 Å². The molecule has 1 atom stereocenters. The molecule has 10 nitrogen and oxygen atoms in total. The number of amidine groups is 2. The van der Waals surface area contributed by atoms with Gasteiger partial charge in [0, 0.05) is 18.6 Å². The summed E-state index contributed by atoms with van der Waals surface area (Å²) in [5.74, 6) is 0.334. The van der Waals surface area contributed by atoms with E-state index in [0.29, 0.717) is 16.0 Å². The number of hydrogen-bond donors (Lipinski definition) is 3. The minimum Gasteiger partial charge on any atom is -0.505 e. The largest absolute Gasteiger partial charge is 0.505 e. The van der Waals surface area contributed by atoms with E-state index in [1.165, 1.54) is 11.0 Å². The van der Waals surface area contributed by atoms with Crippen LogP contribution in [0.25, 0.3) is 0 Å². The number of amides is 1. The molecule has 0 radical (unpaired) electrons. The lowest BCUT2D eigenvalue weighted by Crippen LogP contribution is -2.32. The second-order valence-corrected chi connectivity index (χ2v) is 11.0. The molecule has 0 saturated heterocycles. The number of anilines is 1. The molecular formula is C21H26BrN5O5S. The smallest absolute Gasteiger partial charge is 0.345 e. The van der Waals surface area contributed by atoms with E-state index >= 15 is 0 Å². The Morgan fingerprint density at radius 2 is 1.94 bits per heavy atom. The first-order chi connectivity index (χ1) is 15.2. The Bertz CT molecular complexity index is 1260. The third-order valence-electron chi connectivity index (χ3n) is 4.77. The van der Waals surface area contributed by atoms with E-state index in [4.69, 9.17) is 4.42 Å². The number of phenolic OH excluding ortho intramolecular Hbond substituents is 1. The maximum atomic E-state index is 12.5. The first-order valence-electron chi connectivity index (χ1n) is 9.97. The molecule has 1 aromatic carbocycles. The lowest BCUT2D eigenvalue weighted by Gasteiger charge is -2.26. The number of carbonyl (C=O) groups excluding carboxylic acids is 1. The van der Waals surface area contributed by atoms with Gasteiger partial charge in [0.2, 0.25) is 0 Å². The van der Waals surface area contributed by atoms with Crippen LogP contribution in [0.15, 0.2) is 42.5 Å². The minimum atomic E-state index is -4.05. The van der Waals surface area contributed by atoms with Crippen LogP contribution in [-0.4, -0.2) is 50.1 Å². The number of hydrogen-bond acceptors (Lipinski definition) is 7. The van der Waals surface area contributed by atoms with E-state index in [9.17, 15) is 18.3 Å². The lowest BCUT2D eigenvalue weighted by atomic mass is 9.85. The van der Waals surface area contributed by atoms with Crippen LogP contribution < -0.4 is 10.0 Å². The fourth-order valence-electron chi connectivity index (χ4n) is 3.16. The molecule has 33 heavy (non-hydrogen) atoms. The summed E-state index contributed by atoms with van der Waals surface area (Å²) in [6.07, 6.45) is 0. The zero-order chi connectivity index (χ0) is 24.7. The van der Waals surface area contributed by atoms with Crippen LogP contribution in [0, 0.1) is 12.3 Å². The van der Waals surface area contributed by atoms with Gasteiger partial charge in [-0.2, -0.15) is 8.42 Å². The number of phenols is 1. The molecule has 0 spiro atoms. The number of nitrogens with zero attached hydrogens (tertiary/aromatic N) is 3. The lowest BCUT2D eigenvalue weighted by molar-refractivity contribution is 0.0824.